The molecule has 0 bridgehead atoms. The summed E-state index contributed by atoms with van der Waals surface area (Å²) < 4.78 is 37.9. The zero-order valence-corrected chi connectivity index (χ0v) is 15.6. The number of carbonyl (C=O) groups excluding carboxylic acids is 1. The van der Waals surface area contributed by atoms with Gasteiger partial charge in [0, 0.05) is 43.8 Å². The minimum Gasteiger partial charge on any atom is -0.368 e. The van der Waals surface area contributed by atoms with Crippen molar-refractivity contribution in [3.63, 3.8) is 0 Å². The maximum absolute atomic E-state index is 12.7. The van der Waals surface area contributed by atoms with Crippen LogP contribution in [0, 0.1) is 5.92 Å². The zero-order chi connectivity index (χ0) is 18.0. The number of halogens is 4. The van der Waals surface area contributed by atoms with Crippen LogP contribution >= 0.6 is 12.4 Å². The highest BCUT2D eigenvalue weighted by atomic mass is 35.5. The van der Waals surface area contributed by atoms with Gasteiger partial charge in [0.05, 0.1) is 5.56 Å². The van der Waals surface area contributed by atoms with E-state index in [-0.39, 0.29) is 24.2 Å². The molecule has 2 atom stereocenters. The average molecular weight is 392 g/mol. The molecule has 2 fully saturated rings. The van der Waals surface area contributed by atoms with Crippen molar-refractivity contribution in [2.24, 2.45) is 5.92 Å². The molecular formula is C18H25ClF3N3O. The lowest BCUT2D eigenvalue weighted by Crippen LogP contribution is -2.52. The number of piperidine rings is 1. The fourth-order valence-corrected chi connectivity index (χ4v) is 3.66. The van der Waals surface area contributed by atoms with Gasteiger partial charge < -0.3 is 15.1 Å². The second kappa shape index (κ2) is 8.48. The molecule has 3 rings (SSSR count). The SMILES string of the molecule is C[C@H]1C[C@@H](C(=O)N2CCN(c3ccc(C(F)(F)F)cc3)CC2)CCN1.Cl. The molecule has 4 nitrogen and oxygen atoms in total. The van der Waals surface area contributed by atoms with Gasteiger partial charge in [-0.3, -0.25) is 4.79 Å². The van der Waals surface area contributed by atoms with Crippen LogP contribution in [-0.4, -0.2) is 49.6 Å². The first-order valence-corrected chi connectivity index (χ1v) is 8.79. The van der Waals surface area contributed by atoms with E-state index in [1.165, 1.54) is 12.1 Å². The van der Waals surface area contributed by atoms with E-state index in [1.54, 1.807) is 0 Å². The molecule has 0 aromatic heterocycles. The number of rotatable bonds is 2. The van der Waals surface area contributed by atoms with Gasteiger partial charge >= 0.3 is 6.18 Å². The smallest absolute Gasteiger partial charge is 0.368 e. The Labute approximate surface area is 158 Å². The van der Waals surface area contributed by atoms with Gasteiger partial charge in [0.1, 0.15) is 0 Å². The second-order valence-corrected chi connectivity index (χ2v) is 6.93. The van der Waals surface area contributed by atoms with Crippen molar-refractivity contribution >= 4 is 24.0 Å². The number of carbonyl (C=O) groups is 1. The maximum atomic E-state index is 12.7. The standard InChI is InChI=1S/C18H24F3N3O.ClH/c1-13-12-14(6-7-22-13)17(25)24-10-8-23(9-11-24)16-4-2-15(3-5-16)18(19,20)21;/h2-5,13-14,22H,6-12H2,1H3;1H/t13-,14-;/m0./s1. The van der Waals surface area contributed by atoms with Crippen LogP contribution in [0.4, 0.5) is 18.9 Å². The van der Waals surface area contributed by atoms with Crippen molar-refractivity contribution in [1.82, 2.24) is 10.2 Å². The highest BCUT2D eigenvalue weighted by molar-refractivity contribution is 5.85. The quantitative estimate of drug-likeness (QED) is 0.841. The number of nitrogens with zero attached hydrogens (tertiary/aromatic N) is 2. The molecule has 8 heteroatoms. The van der Waals surface area contributed by atoms with Crippen molar-refractivity contribution < 1.29 is 18.0 Å². The van der Waals surface area contributed by atoms with Crippen LogP contribution in [0.1, 0.15) is 25.3 Å². The van der Waals surface area contributed by atoms with Crippen LogP contribution < -0.4 is 10.2 Å². The normalized spacial score (nSPS) is 24.2. The minimum absolute atomic E-state index is 0. The van der Waals surface area contributed by atoms with E-state index in [4.69, 9.17) is 0 Å². The van der Waals surface area contributed by atoms with Crippen molar-refractivity contribution in [3.05, 3.63) is 29.8 Å². The molecule has 0 spiro atoms. The number of piperazine rings is 1. The molecule has 1 N–H and O–H groups in total. The predicted octanol–water partition coefficient (Wildman–Crippen LogP) is 3.16. The summed E-state index contributed by atoms with van der Waals surface area (Å²) in [5.74, 6) is 0.314. The predicted molar refractivity (Wildman–Crippen MR) is 97.7 cm³/mol. The van der Waals surface area contributed by atoms with Crippen molar-refractivity contribution in [2.75, 3.05) is 37.6 Å². The van der Waals surface area contributed by atoms with Gasteiger partial charge in [-0.25, -0.2) is 0 Å². The van der Waals surface area contributed by atoms with Gasteiger partial charge in [-0.15, -0.1) is 12.4 Å². The van der Waals surface area contributed by atoms with Crippen molar-refractivity contribution in [3.8, 4) is 0 Å². The van der Waals surface area contributed by atoms with E-state index in [0.717, 1.165) is 37.2 Å². The summed E-state index contributed by atoms with van der Waals surface area (Å²) in [5, 5.41) is 3.35. The Balaban J connectivity index is 0.00000243. The molecule has 2 heterocycles. The summed E-state index contributed by atoms with van der Waals surface area (Å²) in [6, 6.07) is 5.62. The molecular weight excluding hydrogens is 367 g/mol. The first-order valence-electron chi connectivity index (χ1n) is 8.79. The monoisotopic (exact) mass is 391 g/mol. The molecule has 2 aliphatic rings. The molecule has 1 amide bonds. The van der Waals surface area contributed by atoms with Crippen molar-refractivity contribution in [1.29, 1.82) is 0 Å². The van der Waals surface area contributed by atoms with Gasteiger partial charge in [-0.1, -0.05) is 0 Å². The molecule has 26 heavy (non-hydrogen) atoms. The average Bonchev–Trinajstić information content (AvgIpc) is 2.61. The largest absolute Gasteiger partial charge is 0.416 e. The van der Waals surface area contributed by atoms with Crippen LogP contribution in [0.5, 0.6) is 0 Å². The number of benzene rings is 1. The van der Waals surface area contributed by atoms with Crippen LogP contribution in [0.15, 0.2) is 24.3 Å². The fourth-order valence-electron chi connectivity index (χ4n) is 3.66. The number of hydrogen-bond acceptors (Lipinski definition) is 3. The minimum atomic E-state index is -4.31. The molecule has 0 aliphatic carbocycles. The maximum Gasteiger partial charge on any atom is 0.416 e. The van der Waals surface area contributed by atoms with E-state index >= 15 is 0 Å². The van der Waals surface area contributed by atoms with Gasteiger partial charge in [-0.05, 0) is 50.6 Å². The van der Waals surface area contributed by atoms with Crippen LogP contribution in [0.2, 0.25) is 0 Å². The van der Waals surface area contributed by atoms with Crippen LogP contribution in [0.3, 0.4) is 0 Å². The third-order valence-electron chi connectivity index (χ3n) is 5.12. The van der Waals surface area contributed by atoms with E-state index in [1.807, 2.05) is 9.80 Å². The lowest BCUT2D eigenvalue weighted by atomic mass is 9.92. The second-order valence-electron chi connectivity index (χ2n) is 6.93. The summed E-state index contributed by atoms with van der Waals surface area (Å²) in [6.07, 6.45) is -2.56. The Kier molecular flexibility index (Phi) is 6.80. The van der Waals surface area contributed by atoms with E-state index in [9.17, 15) is 18.0 Å². The van der Waals surface area contributed by atoms with Gasteiger partial charge in [0.2, 0.25) is 5.91 Å². The molecule has 0 saturated carbocycles. The molecule has 0 radical (unpaired) electrons. The van der Waals surface area contributed by atoms with Gasteiger partial charge in [0.25, 0.3) is 0 Å². The Hall–Kier alpha value is -1.47. The Bertz CT molecular complexity index is 601. The van der Waals surface area contributed by atoms with Gasteiger partial charge in [-0.2, -0.15) is 13.2 Å². The molecule has 2 aliphatic heterocycles. The molecule has 1 aromatic rings. The lowest BCUT2D eigenvalue weighted by Gasteiger charge is -2.39. The third-order valence-corrected chi connectivity index (χ3v) is 5.12. The first-order chi connectivity index (χ1) is 11.8. The molecule has 2 saturated heterocycles. The zero-order valence-electron chi connectivity index (χ0n) is 14.8. The molecule has 0 unspecified atom stereocenters. The first kappa shape index (κ1) is 20.8. The fraction of sp³-hybridized carbons (Fsp3) is 0.611. The van der Waals surface area contributed by atoms with E-state index in [2.05, 4.69) is 12.2 Å². The van der Waals surface area contributed by atoms with Crippen LogP contribution in [0.25, 0.3) is 0 Å². The summed E-state index contributed by atoms with van der Waals surface area (Å²) in [7, 11) is 0. The summed E-state index contributed by atoms with van der Waals surface area (Å²) >= 11 is 0. The summed E-state index contributed by atoms with van der Waals surface area (Å²) in [4.78, 5) is 16.6. The third kappa shape index (κ3) is 4.82. The summed E-state index contributed by atoms with van der Waals surface area (Å²) in [6.45, 7) is 5.52. The topological polar surface area (TPSA) is 35.6 Å². The Morgan fingerprint density at radius 3 is 2.27 bits per heavy atom. The highest BCUT2D eigenvalue weighted by Gasteiger charge is 2.32. The van der Waals surface area contributed by atoms with Crippen molar-refractivity contribution in [2.45, 2.75) is 32.0 Å². The van der Waals surface area contributed by atoms with Gasteiger partial charge in [0.15, 0.2) is 0 Å². The van der Waals surface area contributed by atoms with E-state index < -0.39 is 11.7 Å². The van der Waals surface area contributed by atoms with Crippen LogP contribution in [-0.2, 0) is 11.0 Å². The number of nitrogens with one attached hydrogen (secondary N) is 1. The number of alkyl halides is 3. The Morgan fingerprint density at radius 2 is 1.73 bits per heavy atom. The highest BCUT2D eigenvalue weighted by Crippen LogP contribution is 2.30. The lowest BCUT2D eigenvalue weighted by molar-refractivity contribution is -0.138. The summed E-state index contributed by atoms with van der Waals surface area (Å²) in [5.41, 5.74) is 0.140. The number of amides is 1. The number of hydrogen-bond donors (Lipinski definition) is 1. The van der Waals surface area contributed by atoms with E-state index in [0.29, 0.717) is 32.2 Å². The Morgan fingerprint density at radius 1 is 1.12 bits per heavy atom. The molecule has 146 valence electrons. The molecule has 1 aromatic carbocycles. The number of anilines is 1.